The van der Waals surface area contributed by atoms with Gasteiger partial charge in [0.25, 0.3) is 0 Å². The van der Waals surface area contributed by atoms with Crippen molar-refractivity contribution in [1.82, 2.24) is 5.32 Å². The van der Waals surface area contributed by atoms with Crippen LogP contribution in [0.1, 0.15) is 39.7 Å². The van der Waals surface area contributed by atoms with Crippen molar-refractivity contribution in [2.24, 2.45) is 5.92 Å². The number of carbonyl (C=O) groups excluding carboxylic acids is 1. The molecule has 1 aromatic carbocycles. The fourth-order valence-electron chi connectivity index (χ4n) is 1.82. The highest BCUT2D eigenvalue weighted by Gasteiger charge is 2.18. The summed E-state index contributed by atoms with van der Waals surface area (Å²) in [5.74, 6) is 0.529. The fourth-order valence-corrected chi connectivity index (χ4v) is 2.88. The number of hydrogen-bond donors (Lipinski definition) is 1. The summed E-state index contributed by atoms with van der Waals surface area (Å²) in [7, 11) is -3.25. The highest BCUT2D eigenvalue weighted by atomic mass is 32.2. The molecule has 0 aromatic heterocycles. The van der Waals surface area contributed by atoms with E-state index in [-0.39, 0.29) is 12.3 Å². The van der Waals surface area contributed by atoms with Crippen molar-refractivity contribution < 1.29 is 13.2 Å². The SMILES string of the molecule is CC(C)CCNC(=O)Cc1ccc(S(=O)(=O)C(C)C)cc1. The third-order valence-electron chi connectivity index (χ3n) is 3.28. The molecule has 0 fully saturated rings. The number of amides is 1. The normalized spacial score (nSPS) is 11.9. The summed E-state index contributed by atoms with van der Waals surface area (Å²) in [5.41, 5.74) is 0.819. The molecule has 0 aliphatic heterocycles. The van der Waals surface area contributed by atoms with Crippen LogP contribution in [0.2, 0.25) is 0 Å². The van der Waals surface area contributed by atoms with Gasteiger partial charge in [0.2, 0.25) is 5.91 Å². The summed E-state index contributed by atoms with van der Waals surface area (Å²) in [5, 5.41) is 2.43. The number of nitrogens with one attached hydrogen (secondary N) is 1. The molecule has 4 nitrogen and oxygen atoms in total. The van der Waals surface area contributed by atoms with Gasteiger partial charge in [0.15, 0.2) is 9.84 Å². The molecule has 0 bridgehead atoms. The van der Waals surface area contributed by atoms with E-state index < -0.39 is 15.1 Å². The Bertz CT molecular complexity index is 560. The number of sulfone groups is 1. The van der Waals surface area contributed by atoms with Crippen LogP contribution in [0.4, 0.5) is 0 Å². The monoisotopic (exact) mass is 311 g/mol. The van der Waals surface area contributed by atoms with Crippen LogP contribution in [-0.2, 0) is 21.1 Å². The Morgan fingerprint density at radius 1 is 1.10 bits per heavy atom. The van der Waals surface area contributed by atoms with Crippen LogP contribution in [0.5, 0.6) is 0 Å². The first-order valence-corrected chi connectivity index (χ1v) is 8.87. The maximum atomic E-state index is 12.0. The Kier molecular flexibility index (Phi) is 6.40. The van der Waals surface area contributed by atoms with Gasteiger partial charge in [-0.05, 0) is 43.9 Å². The zero-order chi connectivity index (χ0) is 16.0. The lowest BCUT2D eigenvalue weighted by molar-refractivity contribution is -0.120. The van der Waals surface area contributed by atoms with Crippen molar-refractivity contribution >= 4 is 15.7 Å². The molecule has 1 aromatic rings. The summed E-state index contributed by atoms with van der Waals surface area (Å²) in [6.45, 7) is 8.22. The van der Waals surface area contributed by atoms with Gasteiger partial charge in [-0.3, -0.25) is 4.79 Å². The average Bonchev–Trinajstić information content (AvgIpc) is 2.38. The molecule has 0 heterocycles. The van der Waals surface area contributed by atoms with Crippen LogP contribution in [0.25, 0.3) is 0 Å². The second-order valence-corrected chi connectivity index (χ2v) is 8.45. The van der Waals surface area contributed by atoms with Crippen molar-refractivity contribution in [2.45, 2.75) is 50.7 Å². The van der Waals surface area contributed by atoms with Crippen LogP contribution in [0.15, 0.2) is 29.2 Å². The molecule has 5 heteroatoms. The van der Waals surface area contributed by atoms with E-state index in [9.17, 15) is 13.2 Å². The van der Waals surface area contributed by atoms with Crippen molar-refractivity contribution in [3.8, 4) is 0 Å². The van der Waals surface area contributed by atoms with Crippen molar-refractivity contribution in [3.63, 3.8) is 0 Å². The minimum Gasteiger partial charge on any atom is -0.356 e. The molecule has 1 N–H and O–H groups in total. The zero-order valence-electron chi connectivity index (χ0n) is 13.2. The topological polar surface area (TPSA) is 63.2 Å². The predicted octanol–water partition coefficient (Wildman–Crippen LogP) is 2.57. The molecule has 0 aliphatic carbocycles. The summed E-state index contributed by atoms with van der Waals surface area (Å²) in [6.07, 6.45) is 1.23. The quantitative estimate of drug-likeness (QED) is 0.842. The average molecular weight is 311 g/mol. The van der Waals surface area contributed by atoms with Gasteiger partial charge >= 0.3 is 0 Å². The summed E-state index contributed by atoms with van der Waals surface area (Å²) >= 11 is 0. The van der Waals surface area contributed by atoms with Gasteiger partial charge in [0.05, 0.1) is 16.6 Å². The second kappa shape index (κ2) is 7.59. The second-order valence-electron chi connectivity index (χ2n) is 5.95. The van der Waals surface area contributed by atoms with E-state index in [0.717, 1.165) is 12.0 Å². The fraction of sp³-hybridized carbons (Fsp3) is 0.562. The maximum Gasteiger partial charge on any atom is 0.224 e. The van der Waals surface area contributed by atoms with Gasteiger partial charge < -0.3 is 5.32 Å². The first-order chi connectivity index (χ1) is 9.73. The van der Waals surface area contributed by atoms with Crippen LogP contribution in [-0.4, -0.2) is 26.1 Å². The molecule has 118 valence electrons. The Hall–Kier alpha value is -1.36. The molecule has 0 atom stereocenters. The van der Waals surface area contributed by atoms with Gasteiger partial charge in [0, 0.05) is 6.54 Å². The molecule has 0 saturated carbocycles. The molecular formula is C16H25NO3S. The first kappa shape index (κ1) is 17.7. The lowest BCUT2D eigenvalue weighted by Gasteiger charge is -2.09. The smallest absolute Gasteiger partial charge is 0.224 e. The highest BCUT2D eigenvalue weighted by molar-refractivity contribution is 7.92. The van der Waals surface area contributed by atoms with Crippen LogP contribution in [0, 0.1) is 5.92 Å². The van der Waals surface area contributed by atoms with E-state index in [4.69, 9.17) is 0 Å². The summed E-state index contributed by atoms with van der Waals surface area (Å²) < 4.78 is 24.0. The zero-order valence-corrected chi connectivity index (χ0v) is 14.0. The molecular weight excluding hydrogens is 286 g/mol. The molecule has 0 unspecified atom stereocenters. The van der Waals surface area contributed by atoms with E-state index in [1.807, 2.05) is 0 Å². The minimum absolute atomic E-state index is 0.0323. The van der Waals surface area contributed by atoms with E-state index in [1.165, 1.54) is 0 Å². The van der Waals surface area contributed by atoms with Gasteiger partial charge in [0.1, 0.15) is 0 Å². The van der Waals surface area contributed by atoms with Crippen molar-refractivity contribution in [1.29, 1.82) is 0 Å². The van der Waals surface area contributed by atoms with E-state index >= 15 is 0 Å². The molecule has 0 aliphatic rings. The lowest BCUT2D eigenvalue weighted by Crippen LogP contribution is -2.26. The van der Waals surface area contributed by atoms with Crippen molar-refractivity contribution in [2.75, 3.05) is 6.54 Å². The minimum atomic E-state index is -3.25. The predicted molar refractivity (Wildman–Crippen MR) is 84.9 cm³/mol. The first-order valence-electron chi connectivity index (χ1n) is 7.33. The number of carbonyl (C=O) groups is 1. The Balaban J connectivity index is 2.61. The highest BCUT2D eigenvalue weighted by Crippen LogP contribution is 2.16. The van der Waals surface area contributed by atoms with E-state index in [2.05, 4.69) is 19.2 Å². The standard InChI is InChI=1S/C16H25NO3S/c1-12(2)9-10-17-16(18)11-14-5-7-15(8-6-14)21(19,20)13(3)4/h5-8,12-13H,9-11H2,1-4H3,(H,17,18). The molecule has 0 radical (unpaired) electrons. The molecule has 21 heavy (non-hydrogen) atoms. The Labute approximate surface area is 127 Å². The maximum absolute atomic E-state index is 12.0. The largest absolute Gasteiger partial charge is 0.356 e. The van der Waals surface area contributed by atoms with Crippen LogP contribution in [0.3, 0.4) is 0 Å². The van der Waals surface area contributed by atoms with Gasteiger partial charge in [-0.15, -0.1) is 0 Å². The van der Waals surface area contributed by atoms with Gasteiger partial charge in [-0.25, -0.2) is 8.42 Å². The van der Waals surface area contributed by atoms with Gasteiger partial charge in [-0.1, -0.05) is 26.0 Å². The van der Waals surface area contributed by atoms with E-state index in [0.29, 0.717) is 17.4 Å². The molecule has 0 saturated heterocycles. The number of benzene rings is 1. The third-order valence-corrected chi connectivity index (χ3v) is 5.45. The van der Waals surface area contributed by atoms with Crippen LogP contribution >= 0.6 is 0 Å². The molecule has 1 amide bonds. The number of rotatable bonds is 7. The van der Waals surface area contributed by atoms with E-state index in [1.54, 1.807) is 38.1 Å². The Morgan fingerprint density at radius 3 is 2.14 bits per heavy atom. The van der Waals surface area contributed by atoms with Crippen molar-refractivity contribution in [3.05, 3.63) is 29.8 Å². The summed E-state index contributed by atoms with van der Waals surface area (Å²) in [6, 6.07) is 6.56. The van der Waals surface area contributed by atoms with Crippen LogP contribution < -0.4 is 5.32 Å². The number of hydrogen-bond acceptors (Lipinski definition) is 3. The molecule has 0 spiro atoms. The lowest BCUT2D eigenvalue weighted by atomic mass is 10.1. The Morgan fingerprint density at radius 2 is 1.67 bits per heavy atom. The summed E-state index contributed by atoms with van der Waals surface area (Å²) in [4.78, 5) is 12.1. The molecule has 1 rings (SSSR count). The third kappa shape index (κ3) is 5.50. The van der Waals surface area contributed by atoms with Gasteiger partial charge in [-0.2, -0.15) is 0 Å².